The van der Waals surface area contributed by atoms with Crippen LogP contribution in [-0.4, -0.2) is 51.7 Å². The van der Waals surface area contributed by atoms with Gasteiger partial charge in [0.1, 0.15) is 12.3 Å². The van der Waals surface area contributed by atoms with Gasteiger partial charge in [0, 0.05) is 19.2 Å². The first kappa shape index (κ1) is 17.6. The summed E-state index contributed by atoms with van der Waals surface area (Å²) in [6, 6.07) is 6.81. The van der Waals surface area contributed by atoms with E-state index in [1.54, 1.807) is 29.2 Å². The Balaban J connectivity index is 2.20. The van der Waals surface area contributed by atoms with Crippen molar-refractivity contribution in [1.82, 2.24) is 4.90 Å². The van der Waals surface area contributed by atoms with Gasteiger partial charge < -0.3 is 9.64 Å². The molecule has 7 heteroatoms. The zero-order valence-corrected chi connectivity index (χ0v) is 14.5. The third-order valence-electron chi connectivity index (χ3n) is 3.80. The van der Waals surface area contributed by atoms with Crippen LogP contribution in [-0.2, 0) is 14.8 Å². The van der Waals surface area contributed by atoms with Gasteiger partial charge in [-0.25, -0.2) is 8.42 Å². The smallest absolute Gasteiger partial charge is 0.243 e. The maximum Gasteiger partial charge on any atom is 0.243 e. The summed E-state index contributed by atoms with van der Waals surface area (Å²) >= 11 is 0. The van der Waals surface area contributed by atoms with E-state index in [1.807, 2.05) is 6.92 Å². The molecule has 0 N–H and O–H groups in total. The normalized spacial score (nSPS) is 15.3. The van der Waals surface area contributed by atoms with E-state index >= 15 is 0 Å². The Morgan fingerprint density at radius 3 is 2.57 bits per heavy atom. The molecule has 0 spiro atoms. The minimum atomic E-state index is -3.55. The van der Waals surface area contributed by atoms with Crippen LogP contribution in [0.2, 0.25) is 0 Å². The van der Waals surface area contributed by atoms with Gasteiger partial charge in [0.15, 0.2) is 0 Å². The lowest BCUT2D eigenvalue weighted by Crippen LogP contribution is -2.44. The van der Waals surface area contributed by atoms with Crippen molar-refractivity contribution in [2.75, 3.05) is 36.8 Å². The number of rotatable bonds is 6. The lowest BCUT2D eigenvalue weighted by molar-refractivity contribution is -0.130. The average molecular weight is 340 g/mol. The molecule has 2 rings (SSSR count). The number of piperidine rings is 1. The van der Waals surface area contributed by atoms with Crippen molar-refractivity contribution in [3.8, 4) is 5.75 Å². The number of carbonyl (C=O) groups is 1. The van der Waals surface area contributed by atoms with E-state index in [0.717, 1.165) is 29.8 Å². The summed E-state index contributed by atoms with van der Waals surface area (Å²) < 4.78 is 30.8. The van der Waals surface area contributed by atoms with E-state index < -0.39 is 10.0 Å². The number of ether oxygens (including phenoxy) is 1. The fourth-order valence-electron chi connectivity index (χ4n) is 2.66. The van der Waals surface area contributed by atoms with Crippen LogP contribution >= 0.6 is 0 Å². The molecule has 1 aliphatic rings. The van der Waals surface area contributed by atoms with E-state index in [-0.39, 0.29) is 12.5 Å². The Hall–Kier alpha value is -1.76. The monoisotopic (exact) mass is 340 g/mol. The number of hydrogen-bond acceptors (Lipinski definition) is 4. The molecular formula is C16H24N2O4S. The van der Waals surface area contributed by atoms with Gasteiger partial charge in [-0.15, -0.1) is 0 Å². The maximum atomic E-state index is 12.4. The summed E-state index contributed by atoms with van der Waals surface area (Å²) in [5, 5.41) is 0. The second-order valence-corrected chi connectivity index (χ2v) is 7.55. The molecule has 6 nitrogen and oxygen atoms in total. The Morgan fingerprint density at radius 1 is 1.26 bits per heavy atom. The first-order valence-electron chi connectivity index (χ1n) is 7.90. The average Bonchev–Trinajstić information content (AvgIpc) is 2.52. The molecule has 0 unspecified atom stereocenters. The number of likely N-dealkylation sites (tertiary alicyclic amines) is 1. The summed E-state index contributed by atoms with van der Waals surface area (Å²) in [6.45, 7) is 3.59. The van der Waals surface area contributed by atoms with E-state index in [2.05, 4.69) is 0 Å². The zero-order valence-electron chi connectivity index (χ0n) is 13.7. The highest BCUT2D eigenvalue weighted by atomic mass is 32.2. The summed E-state index contributed by atoms with van der Waals surface area (Å²) in [4.78, 5) is 14.2. The van der Waals surface area contributed by atoms with E-state index in [0.29, 0.717) is 31.1 Å². The third-order valence-corrected chi connectivity index (χ3v) is 4.95. The molecule has 23 heavy (non-hydrogen) atoms. The fraction of sp³-hybridized carbons (Fsp3) is 0.562. The molecule has 1 aromatic carbocycles. The van der Waals surface area contributed by atoms with Crippen molar-refractivity contribution in [2.45, 2.75) is 26.2 Å². The molecule has 0 bridgehead atoms. The Labute approximate surface area is 138 Å². The molecule has 128 valence electrons. The van der Waals surface area contributed by atoms with Crippen molar-refractivity contribution in [3.63, 3.8) is 0 Å². The number of sulfonamides is 1. The lowest BCUT2D eigenvalue weighted by atomic mass is 10.1. The van der Waals surface area contributed by atoms with Gasteiger partial charge in [-0.1, -0.05) is 6.07 Å². The molecule has 1 aliphatic heterocycles. The molecule has 1 amide bonds. The van der Waals surface area contributed by atoms with Gasteiger partial charge in [0.05, 0.1) is 18.6 Å². The summed E-state index contributed by atoms with van der Waals surface area (Å²) in [5.74, 6) is 0.431. The second-order valence-electron chi connectivity index (χ2n) is 5.64. The predicted molar refractivity (Wildman–Crippen MR) is 90.2 cm³/mol. The highest BCUT2D eigenvalue weighted by molar-refractivity contribution is 7.92. The first-order chi connectivity index (χ1) is 10.9. The van der Waals surface area contributed by atoms with Crippen molar-refractivity contribution >= 4 is 21.6 Å². The van der Waals surface area contributed by atoms with Crippen molar-refractivity contribution in [1.29, 1.82) is 0 Å². The van der Waals surface area contributed by atoms with Crippen molar-refractivity contribution < 1.29 is 17.9 Å². The first-order valence-corrected chi connectivity index (χ1v) is 9.75. The molecule has 1 fully saturated rings. The number of hydrogen-bond donors (Lipinski definition) is 0. The minimum Gasteiger partial charge on any atom is -0.494 e. The van der Waals surface area contributed by atoms with Gasteiger partial charge in [-0.3, -0.25) is 9.10 Å². The molecule has 0 saturated carbocycles. The third kappa shape index (κ3) is 4.86. The molecular weight excluding hydrogens is 316 g/mol. The SMILES string of the molecule is CCOc1cccc(N(CC(=O)N2CCCCC2)S(C)(=O)=O)c1. The molecule has 0 radical (unpaired) electrons. The van der Waals surface area contributed by atoms with Crippen LogP contribution in [0.25, 0.3) is 0 Å². The predicted octanol–water partition coefficient (Wildman–Crippen LogP) is 1.86. The van der Waals surface area contributed by atoms with Crippen LogP contribution < -0.4 is 9.04 Å². The van der Waals surface area contributed by atoms with Gasteiger partial charge >= 0.3 is 0 Å². The van der Waals surface area contributed by atoms with Crippen molar-refractivity contribution in [2.24, 2.45) is 0 Å². The highest BCUT2D eigenvalue weighted by Gasteiger charge is 2.25. The quantitative estimate of drug-likeness (QED) is 0.793. The Bertz CT molecular complexity index is 639. The van der Waals surface area contributed by atoms with E-state index in [9.17, 15) is 13.2 Å². The maximum absolute atomic E-state index is 12.4. The molecule has 0 aromatic heterocycles. The van der Waals surface area contributed by atoms with Crippen LogP contribution in [0.4, 0.5) is 5.69 Å². The topological polar surface area (TPSA) is 66.9 Å². The standard InChI is InChI=1S/C16H24N2O4S/c1-3-22-15-9-7-8-14(12-15)18(23(2,20)21)13-16(19)17-10-5-4-6-11-17/h7-9,12H,3-6,10-11,13H2,1-2H3. The van der Waals surface area contributed by atoms with Gasteiger partial charge in [-0.2, -0.15) is 0 Å². The van der Waals surface area contributed by atoms with Gasteiger partial charge in [0.2, 0.25) is 15.9 Å². The van der Waals surface area contributed by atoms with E-state index in [1.165, 1.54) is 0 Å². The Morgan fingerprint density at radius 2 is 1.96 bits per heavy atom. The number of benzene rings is 1. The van der Waals surface area contributed by atoms with Crippen molar-refractivity contribution in [3.05, 3.63) is 24.3 Å². The highest BCUT2D eigenvalue weighted by Crippen LogP contribution is 2.23. The molecule has 1 aromatic rings. The van der Waals surface area contributed by atoms with Crippen LogP contribution in [0.15, 0.2) is 24.3 Å². The largest absolute Gasteiger partial charge is 0.494 e. The summed E-state index contributed by atoms with van der Waals surface area (Å²) in [5.41, 5.74) is 0.448. The van der Waals surface area contributed by atoms with E-state index in [4.69, 9.17) is 4.74 Å². The summed E-state index contributed by atoms with van der Waals surface area (Å²) in [7, 11) is -3.55. The van der Waals surface area contributed by atoms with Crippen LogP contribution in [0.3, 0.4) is 0 Å². The lowest BCUT2D eigenvalue weighted by Gasteiger charge is -2.30. The second kappa shape index (κ2) is 7.68. The van der Waals surface area contributed by atoms with Crippen LogP contribution in [0.1, 0.15) is 26.2 Å². The zero-order chi connectivity index (χ0) is 16.9. The van der Waals surface area contributed by atoms with Gasteiger partial charge in [-0.05, 0) is 38.3 Å². The molecule has 1 saturated heterocycles. The number of carbonyl (C=O) groups excluding carboxylic acids is 1. The van der Waals surface area contributed by atoms with Gasteiger partial charge in [0.25, 0.3) is 0 Å². The number of anilines is 1. The number of nitrogens with zero attached hydrogens (tertiary/aromatic N) is 2. The summed E-state index contributed by atoms with van der Waals surface area (Å²) in [6.07, 6.45) is 4.19. The van der Waals surface area contributed by atoms with Crippen LogP contribution in [0, 0.1) is 0 Å². The number of amides is 1. The molecule has 0 aliphatic carbocycles. The molecule has 1 heterocycles. The minimum absolute atomic E-state index is 0.156. The molecule has 0 atom stereocenters. The Kier molecular flexibility index (Phi) is 5.87. The fourth-order valence-corrected chi connectivity index (χ4v) is 3.50. The van der Waals surface area contributed by atoms with Crippen LogP contribution in [0.5, 0.6) is 5.75 Å².